The molecule has 0 aliphatic rings. The number of thiazole rings is 1. The number of nitrogens with zero attached hydrogens (tertiary/aromatic N) is 1. The van der Waals surface area contributed by atoms with Crippen LogP contribution < -0.4 is 4.72 Å². The zero-order valence-electron chi connectivity index (χ0n) is 11.6. The minimum atomic E-state index is -3.50. The molecule has 1 aromatic heterocycles. The van der Waals surface area contributed by atoms with E-state index in [4.69, 9.17) is 11.6 Å². The van der Waals surface area contributed by atoms with E-state index in [1.165, 1.54) is 0 Å². The van der Waals surface area contributed by atoms with Crippen LogP contribution in [0.3, 0.4) is 0 Å². The monoisotopic (exact) mass is 324 g/mol. The number of hydrogen-bond donors (Lipinski definition) is 1. The summed E-state index contributed by atoms with van der Waals surface area (Å²) >= 11 is 6.78. The molecule has 0 spiro atoms. The maximum Gasteiger partial charge on any atom is 0.252 e. The molecule has 4 nitrogen and oxygen atoms in total. The van der Waals surface area contributed by atoms with Gasteiger partial charge < -0.3 is 0 Å². The third-order valence-electron chi connectivity index (χ3n) is 2.84. The molecule has 0 aliphatic carbocycles. The van der Waals surface area contributed by atoms with E-state index >= 15 is 0 Å². The number of aromatic nitrogens is 1. The van der Waals surface area contributed by atoms with Gasteiger partial charge in [0.15, 0.2) is 8.68 Å². The lowest BCUT2D eigenvalue weighted by Gasteiger charge is -2.17. The van der Waals surface area contributed by atoms with Gasteiger partial charge in [0.2, 0.25) is 0 Å². The molecule has 0 saturated heterocycles. The highest BCUT2D eigenvalue weighted by Gasteiger charge is 2.24. The van der Waals surface area contributed by atoms with Crippen LogP contribution in [0.1, 0.15) is 51.6 Å². The molecule has 0 aliphatic heterocycles. The van der Waals surface area contributed by atoms with Gasteiger partial charge in [-0.05, 0) is 19.8 Å². The first-order valence-corrected chi connectivity index (χ1v) is 9.23. The van der Waals surface area contributed by atoms with E-state index in [0.29, 0.717) is 5.69 Å². The molecular weight excluding hydrogens is 304 g/mol. The van der Waals surface area contributed by atoms with E-state index in [9.17, 15) is 8.42 Å². The highest BCUT2D eigenvalue weighted by Crippen LogP contribution is 2.27. The van der Waals surface area contributed by atoms with Crippen LogP contribution in [0.15, 0.2) is 4.21 Å². The normalized spacial score (nSPS) is 13.7. The van der Waals surface area contributed by atoms with Gasteiger partial charge >= 0.3 is 0 Å². The number of aryl methyl sites for hydroxylation is 1. The van der Waals surface area contributed by atoms with E-state index in [0.717, 1.165) is 43.4 Å². The number of sulfonamides is 1. The molecule has 0 aromatic carbocycles. The minimum Gasteiger partial charge on any atom is -0.229 e. The number of rotatable bonds is 8. The second-order valence-electron chi connectivity index (χ2n) is 4.59. The fraction of sp³-hybridized carbons (Fsp3) is 0.750. The summed E-state index contributed by atoms with van der Waals surface area (Å²) in [6.07, 6.45) is 4.77. The van der Waals surface area contributed by atoms with Crippen LogP contribution in [-0.2, 0) is 10.0 Å². The quantitative estimate of drug-likeness (QED) is 0.792. The second kappa shape index (κ2) is 7.57. The summed E-state index contributed by atoms with van der Waals surface area (Å²) in [4.78, 5) is 3.96. The number of nitrogens with one attached hydrogen (secondary N) is 1. The zero-order chi connectivity index (χ0) is 14.5. The topological polar surface area (TPSA) is 59.1 Å². The molecule has 1 N–H and O–H groups in total. The first-order valence-electron chi connectivity index (χ1n) is 6.56. The molecule has 110 valence electrons. The lowest BCUT2D eigenvalue weighted by molar-refractivity contribution is 0.484. The predicted octanol–water partition coefficient (Wildman–Crippen LogP) is 3.74. The van der Waals surface area contributed by atoms with Crippen LogP contribution >= 0.6 is 22.9 Å². The molecule has 1 rings (SSSR count). The van der Waals surface area contributed by atoms with Crippen molar-refractivity contribution in [1.29, 1.82) is 0 Å². The van der Waals surface area contributed by atoms with Gasteiger partial charge in [0.05, 0.1) is 5.69 Å². The zero-order valence-corrected chi connectivity index (χ0v) is 14.0. The van der Waals surface area contributed by atoms with E-state index in [2.05, 4.69) is 23.6 Å². The molecule has 7 heteroatoms. The van der Waals surface area contributed by atoms with E-state index in [-0.39, 0.29) is 14.7 Å². The van der Waals surface area contributed by atoms with Crippen molar-refractivity contribution in [1.82, 2.24) is 9.71 Å². The third-order valence-corrected chi connectivity index (χ3v) is 6.23. The van der Waals surface area contributed by atoms with Crippen LogP contribution in [0, 0.1) is 6.92 Å². The lowest BCUT2D eigenvalue weighted by Crippen LogP contribution is -2.34. The Labute approximate surface area is 124 Å². The number of hydrogen-bond acceptors (Lipinski definition) is 4. The summed E-state index contributed by atoms with van der Waals surface area (Å²) in [5.41, 5.74) is 0.466. The fourth-order valence-corrected chi connectivity index (χ4v) is 4.99. The third kappa shape index (κ3) is 5.02. The molecule has 1 unspecified atom stereocenters. The SMILES string of the molecule is CCCCC(CCC)NS(=O)(=O)c1sc(Cl)nc1C. The largest absolute Gasteiger partial charge is 0.252 e. The highest BCUT2D eigenvalue weighted by molar-refractivity contribution is 7.91. The summed E-state index contributed by atoms with van der Waals surface area (Å²) in [6.45, 7) is 5.82. The van der Waals surface area contributed by atoms with Crippen molar-refractivity contribution in [3.8, 4) is 0 Å². The van der Waals surface area contributed by atoms with Crippen molar-refractivity contribution in [3.63, 3.8) is 0 Å². The van der Waals surface area contributed by atoms with Gasteiger partial charge in [0, 0.05) is 6.04 Å². The van der Waals surface area contributed by atoms with Crippen LogP contribution in [0.2, 0.25) is 4.47 Å². The molecule has 0 radical (unpaired) electrons. The fourth-order valence-electron chi connectivity index (χ4n) is 1.93. The Morgan fingerprint density at radius 1 is 1.32 bits per heavy atom. The Morgan fingerprint density at radius 2 is 2.00 bits per heavy atom. The van der Waals surface area contributed by atoms with Gasteiger partial charge in [-0.2, -0.15) is 0 Å². The molecule has 1 heterocycles. The molecule has 0 bridgehead atoms. The second-order valence-corrected chi connectivity index (χ2v) is 8.08. The molecule has 1 atom stereocenters. The molecule has 0 fully saturated rings. The number of unbranched alkanes of at least 4 members (excludes halogenated alkanes) is 1. The van der Waals surface area contributed by atoms with Crippen molar-refractivity contribution in [3.05, 3.63) is 10.2 Å². The van der Waals surface area contributed by atoms with Crippen LogP contribution in [0.25, 0.3) is 0 Å². The van der Waals surface area contributed by atoms with Crippen LogP contribution in [0.4, 0.5) is 0 Å². The van der Waals surface area contributed by atoms with Crippen LogP contribution in [0.5, 0.6) is 0 Å². The number of halogens is 1. The Kier molecular flexibility index (Phi) is 6.73. The van der Waals surface area contributed by atoms with Gasteiger partial charge in [-0.3, -0.25) is 0 Å². The van der Waals surface area contributed by atoms with E-state index in [1.54, 1.807) is 6.92 Å². The van der Waals surface area contributed by atoms with Crippen molar-refractivity contribution >= 4 is 33.0 Å². The van der Waals surface area contributed by atoms with Crippen LogP contribution in [-0.4, -0.2) is 19.4 Å². The Hall–Kier alpha value is -0.170. The Bertz CT molecular complexity index is 500. The molecule has 0 saturated carbocycles. The van der Waals surface area contributed by atoms with Gasteiger partial charge in [-0.25, -0.2) is 18.1 Å². The van der Waals surface area contributed by atoms with Gasteiger partial charge in [0.25, 0.3) is 10.0 Å². The first-order chi connectivity index (χ1) is 8.90. The minimum absolute atomic E-state index is 0.00442. The summed E-state index contributed by atoms with van der Waals surface area (Å²) in [5, 5.41) is 0. The molecule has 19 heavy (non-hydrogen) atoms. The Balaban J connectivity index is 2.84. The van der Waals surface area contributed by atoms with Gasteiger partial charge in [-0.15, -0.1) is 0 Å². The van der Waals surface area contributed by atoms with Gasteiger partial charge in [0.1, 0.15) is 0 Å². The predicted molar refractivity (Wildman–Crippen MR) is 80.4 cm³/mol. The molecule has 0 amide bonds. The smallest absolute Gasteiger partial charge is 0.229 e. The van der Waals surface area contributed by atoms with Crippen molar-refractivity contribution in [2.45, 2.75) is 63.1 Å². The molecule has 1 aromatic rings. The van der Waals surface area contributed by atoms with Crippen molar-refractivity contribution in [2.24, 2.45) is 0 Å². The molecular formula is C12H21ClN2O2S2. The van der Waals surface area contributed by atoms with Crippen molar-refractivity contribution < 1.29 is 8.42 Å². The first kappa shape index (κ1) is 16.9. The summed E-state index contributed by atoms with van der Waals surface area (Å²) in [6, 6.07) is -0.00442. The van der Waals surface area contributed by atoms with E-state index in [1.807, 2.05) is 0 Å². The highest BCUT2D eigenvalue weighted by atomic mass is 35.5. The maximum atomic E-state index is 12.3. The Morgan fingerprint density at radius 3 is 2.47 bits per heavy atom. The standard InChI is InChI=1S/C12H21ClN2O2S2/c1-4-6-8-10(7-5-2)15-19(16,17)11-9(3)14-12(13)18-11/h10,15H,4-8H2,1-3H3. The van der Waals surface area contributed by atoms with E-state index < -0.39 is 10.0 Å². The average Bonchev–Trinajstić information content (AvgIpc) is 2.66. The summed E-state index contributed by atoms with van der Waals surface area (Å²) < 4.78 is 27.9. The average molecular weight is 325 g/mol. The maximum absolute atomic E-state index is 12.3. The van der Waals surface area contributed by atoms with Gasteiger partial charge in [-0.1, -0.05) is 56.0 Å². The summed E-state index contributed by atoms with van der Waals surface area (Å²) in [7, 11) is -3.50. The van der Waals surface area contributed by atoms with Crippen molar-refractivity contribution in [2.75, 3.05) is 0 Å². The lowest BCUT2D eigenvalue weighted by atomic mass is 10.1. The summed E-state index contributed by atoms with van der Waals surface area (Å²) in [5.74, 6) is 0.